The molecule has 0 aromatic heterocycles. The molecule has 5 rings (SSSR count). The average molecular weight is 508 g/mol. The minimum absolute atomic E-state index is 0.0621. The van der Waals surface area contributed by atoms with Gasteiger partial charge in [-0.1, -0.05) is 0 Å². The molecule has 3 aliphatic heterocycles. The smallest absolute Gasteiger partial charge is 0.256 e. The number of carbonyl (C=O) groups excluding carboxylic acids is 3. The second-order valence-electron chi connectivity index (χ2n) is 9.73. The van der Waals surface area contributed by atoms with E-state index in [-0.39, 0.29) is 24.3 Å². The Bertz CT molecular complexity index is 1140. The molecule has 3 fully saturated rings. The van der Waals surface area contributed by atoms with Gasteiger partial charge in [-0.15, -0.1) is 0 Å². The topological polar surface area (TPSA) is 88.6 Å². The van der Waals surface area contributed by atoms with E-state index in [9.17, 15) is 14.4 Å². The summed E-state index contributed by atoms with van der Waals surface area (Å²) in [5, 5.41) is 0. The molecule has 0 saturated carbocycles. The highest BCUT2D eigenvalue weighted by Crippen LogP contribution is 2.39. The third-order valence-corrected chi connectivity index (χ3v) is 7.69. The Morgan fingerprint density at radius 3 is 1.78 bits per heavy atom. The van der Waals surface area contributed by atoms with Gasteiger partial charge in [-0.05, 0) is 61.4 Å². The molecule has 2 aromatic rings. The van der Waals surface area contributed by atoms with Gasteiger partial charge in [0.2, 0.25) is 5.91 Å². The normalized spacial score (nSPS) is 20.8. The molecule has 2 aromatic carbocycles. The van der Waals surface area contributed by atoms with Crippen LogP contribution in [0.5, 0.6) is 11.5 Å². The van der Waals surface area contributed by atoms with Crippen molar-refractivity contribution in [1.82, 2.24) is 14.7 Å². The lowest BCUT2D eigenvalue weighted by Gasteiger charge is -2.44. The minimum Gasteiger partial charge on any atom is -0.497 e. The summed E-state index contributed by atoms with van der Waals surface area (Å²) in [5.41, 5.74) is 0.118. The molecule has 37 heavy (non-hydrogen) atoms. The number of benzene rings is 2. The lowest BCUT2D eigenvalue weighted by Crippen LogP contribution is -2.60. The van der Waals surface area contributed by atoms with Gasteiger partial charge < -0.3 is 24.0 Å². The largest absolute Gasteiger partial charge is 0.497 e. The minimum atomic E-state index is -0.937. The van der Waals surface area contributed by atoms with Gasteiger partial charge in [-0.2, -0.15) is 0 Å². The molecule has 3 aliphatic rings. The molecule has 0 aliphatic carbocycles. The summed E-state index contributed by atoms with van der Waals surface area (Å²) in [4.78, 5) is 45.8. The summed E-state index contributed by atoms with van der Waals surface area (Å²) in [5.74, 6) is 0.961. The van der Waals surface area contributed by atoms with Crippen molar-refractivity contribution in [3.8, 4) is 11.5 Å². The molecular formula is C28H33N3O6. The fourth-order valence-electron chi connectivity index (χ4n) is 5.55. The van der Waals surface area contributed by atoms with Gasteiger partial charge in [0, 0.05) is 50.1 Å². The molecule has 9 nitrogen and oxygen atoms in total. The molecule has 1 atom stereocenters. The maximum Gasteiger partial charge on any atom is 0.256 e. The van der Waals surface area contributed by atoms with E-state index in [0.29, 0.717) is 61.6 Å². The van der Waals surface area contributed by atoms with Crippen molar-refractivity contribution in [2.45, 2.75) is 37.5 Å². The van der Waals surface area contributed by atoms with Crippen LogP contribution in [0, 0.1) is 0 Å². The number of ether oxygens (including phenoxy) is 3. The van der Waals surface area contributed by atoms with Gasteiger partial charge in [-0.25, -0.2) is 0 Å². The fraction of sp³-hybridized carbons (Fsp3) is 0.464. The van der Waals surface area contributed by atoms with Gasteiger partial charge in [0.05, 0.1) is 20.8 Å². The average Bonchev–Trinajstić information content (AvgIpc) is 3.62. The molecule has 0 N–H and O–H groups in total. The van der Waals surface area contributed by atoms with Gasteiger partial charge in [-0.3, -0.25) is 19.3 Å². The maximum absolute atomic E-state index is 13.9. The van der Waals surface area contributed by atoms with Gasteiger partial charge >= 0.3 is 0 Å². The van der Waals surface area contributed by atoms with E-state index < -0.39 is 11.8 Å². The van der Waals surface area contributed by atoms with E-state index in [1.165, 1.54) is 0 Å². The number of hydrogen-bond donors (Lipinski definition) is 0. The fourth-order valence-corrected chi connectivity index (χ4v) is 5.55. The molecule has 3 heterocycles. The van der Waals surface area contributed by atoms with E-state index >= 15 is 0 Å². The first-order valence-electron chi connectivity index (χ1n) is 12.8. The SMILES string of the molecule is COc1ccc(C(=O)N2CCC3(CC2)OC[C@H](C(=O)N2CCCC2)N3C(=O)c2ccc(OC)cc2)cc1. The van der Waals surface area contributed by atoms with Crippen LogP contribution >= 0.6 is 0 Å². The quantitative estimate of drug-likeness (QED) is 0.619. The number of nitrogens with zero attached hydrogens (tertiary/aromatic N) is 3. The Kier molecular flexibility index (Phi) is 7.06. The number of rotatable bonds is 5. The maximum atomic E-state index is 13.9. The van der Waals surface area contributed by atoms with Crippen molar-refractivity contribution in [2.24, 2.45) is 0 Å². The Morgan fingerprint density at radius 1 is 0.757 bits per heavy atom. The van der Waals surface area contributed by atoms with Crippen LogP contribution in [-0.2, 0) is 9.53 Å². The standard InChI is InChI=1S/C28H33N3O6/c1-35-22-9-5-20(6-10-22)25(32)30-17-13-28(14-18-30)31(26(33)21-7-11-23(36-2)12-8-21)24(19-37-28)27(34)29-15-3-4-16-29/h5-12,24H,3-4,13-19H2,1-2H3/t24-/m1/s1. The number of hydrogen-bond acceptors (Lipinski definition) is 6. The Balaban J connectivity index is 1.37. The number of methoxy groups -OCH3 is 2. The monoisotopic (exact) mass is 507 g/mol. The highest BCUT2D eigenvalue weighted by atomic mass is 16.5. The van der Waals surface area contributed by atoms with Crippen LogP contribution < -0.4 is 9.47 Å². The van der Waals surface area contributed by atoms with E-state index in [0.717, 1.165) is 12.8 Å². The number of likely N-dealkylation sites (tertiary alicyclic amines) is 2. The number of amides is 3. The molecular weight excluding hydrogens is 474 g/mol. The van der Waals surface area contributed by atoms with Crippen LogP contribution in [0.2, 0.25) is 0 Å². The van der Waals surface area contributed by atoms with Gasteiger partial charge in [0.1, 0.15) is 23.3 Å². The summed E-state index contributed by atoms with van der Waals surface area (Å²) < 4.78 is 16.7. The van der Waals surface area contributed by atoms with Crippen LogP contribution in [-0.4, -0.2) is 91.2 Å². The second-order valence-corrected chi connectivity index (χ2v) is 9.73. The van der Waals surface area contributed by atoms with Crippen LogP contribution in [0.4, 0.5) is 0 Å². The first kappa shape index (κ1) is 25.1. The summed E-state index contributed by atoms with van der Waals surface area (Å²) >= 11 is 0. The Morgan fingerprint density at radius 2 is 1.27 bits per heavy atom. The van der Waals surface area contributed by atoms with E-state index in [2.05, 4.69) is 0 Å². The van der Waals surface area contributed by atoms with E-state index in [4.69, 9.17) is 14.2 Å². The van der Waals surface area contributed by atoms with Gasteiger partial charge in [0.25, 0.3) is 11.8 Å². The summed E-state index contributed by atoms with van der Waals surface area (Å²) in [7, 11) is 3.16. The van der Waals surface area contributed by atoms with Crippen molar-refractivity contribution in [3.63, 3.8) is 0 Å². The number of carbonyl (C=O) groups is 3. The summed E-state index contributed by atoms with van der Waals surface area (Å²) in [6.45, 7) is 2.40. The van der Waals surface area contributed by atoms with E-state index in [1.54, 1.807) is 72.6 Å². The van der Waals surface area contributed by atoms with Crippen molar-refractivity contribution < 1.29 is 28.6 Å². The predicted octanol–water partition coefficient (Wildman–Crippen LogP) is 2.80. The lowest BCUT2D eigenvalue weighted by molar-refractivity contribution is -0.136. The molecule has 196 valence electrons. The van der Waals surface area contributed by atoms with Crippen LogP contribution in [0.3, 0.4) is 0 Å². The molecule has 0 radical (unpaired) electrons. The predicted molar refractivity (Wildman–Crippen MR) is 136 cm³/mol. The third-order valence-electron chi connectivity index (χ3n) is 7.69. The second kappa shape index (κ2) is 10.4. The molecule has 3 amide bonds. The molecule has 1 spiro atoms. The van der Waals surface area contributed by atoms with Crippen molar-refractivity contribution in [2.75, 3.05) is 47.0 Å². The Hall–Kier alpha value is -3.59. The summed E-state index contributed by atoms with van der Waals surface area (Å²) in [6.07, 6.45) is 2.81. The summed E-state index contributed by atoms with van der Waals surface area (Å²) in [6, 6.07) is 13.3. The molecule has 0 bridgehead atoms. The first-order valence-corrected chi connectivity index (χ1v) is 12.8. The van der Waals surface area contributed by atoms with Crippen molar-refractivity contribution >= 4 is 17.7 Å². The van der Waals surface area contributed by atoms with Gasteiger partial charge in [0.15, 0.2) is 0 Å². The molecule has 0 unspecified atom stereocenters. The first-order chi connectivity index (χ1) is 18.0. The molecule has 9 heteroatoms. The zero-order chi connectivity index (χ0) is 26.0. The Labute approximate surface area is 216 Å². The van der Waals surface area contributed by atoms with Crippen LogP contribution in [0.1, 0.15) is 46.4 Å². The van der Waals surface area contributed by atoms with Crippen LogP contribution in [0.15, 0.2) is 48.5 Å². The van der Waals surface area contributed by atoms with Crippen molar-refractivity contribution in [3.05, 3.63) is 59.7 Å². The van der Waals surface area contributed by atoms with Crippen LogP contribution in [0.25, 0.3) is 0 Å². The number of piperidine rings is 1. The zero-order valence-electron chi connectivity index (χ0n) is 21.4. The highest BCUT2D eigenvalue weighted by Gasteiger charge is 2.55. The zero-order valence-corrected chi connectivity index (χ0v) is 21.4. The third kappa shape index (κ3) is 4.75. The molecule has 3 saturated heterocycles. The van der Waals surface area contributed by atoms with Crippen molar-refractivity contribution in [1.29, 1.82) is 0 Å². The lowest BCUT2D eigenvalue weighted by atomic mass is 9.96. The van der Waals surface area contributed by atoms with E-state index in [1.807, 2.05) is 4.90 Å². The highest BCUT2D eigenvalue weighted by molar-refractivity contribution is 5.99.